The first kappa shape index (κ1) is 14.6. The molecule has 0 saturated carbocycles. The van der Waals surface area contributed by atoms with Crippen LogP contribution in [0.5, 0.6) is 0 Å². The molecule has 5 nitrogen and oxygen atoms in total. The smallest absolute Gasteiger partial charge is 0.326 e. The van der Waals surface area contributed by atoms with Crippen LogP contribution in [0.3, 0.4) is 0 Å². The van der Waals surface area contributed by atoms with Gasteiger partial charge >= 0.3 is 5.97 Å². The van der Waals surface area contributed by atoms with Crippen LogP contribution in [0, 0.1) is 5.92 Å². The van der Waals surface area contributed by atoms with Gasteiger partial charge in [0.2, 0.25) is 5.91 Å². The molecular weight excluding hydrogens is 208 g/mol. The molecule has 0 aromatic carbocycles. The zero-order valence-electron chi connectivity index (χ0n) is 9.82. The lowest BCUT2D eigenvalue weighted by Crippen LogP contribution is -2.44. The number of carbonyl (C=O) groups excluding carboxylic acids is 1. The Morgan fingerprint density at radius 2 is 2.12 bits per heavy atom. The highest BCUT2D eigenvalue weighted by atomic mass is 16.4. The van der Waals surface area contributed by atoms with Crippen LogP contribution in [0.2, 0.25) is 0 Å². The Morgan fingerprint density at radius 3 is 2.56 bits per heavy atom. The molecule has 2 unspecified atom stereocenters. The third kappa shape index (κ3) is 5.50. The molecule has 92 valence electrons. The molecule has 0 rings (SSSR count). The molecule has 0 spiro atoms. The normalized spacial score (nSPS) is 13.9. The summed E-state index contributed by atoms with van der Waals surface area (Å²) in [6, 6.07) is -0.880. The van der Waals surface area contributed by atoms with Crippen molar-refractivity contribution in [2.45, 2.75) is 26.3 Å². The summed E-state index contributed by atoms with van der Waals surface area (Å²) in [5, 5.41) is 14.3. The van der Waals surface area contributed by atoms with Gasteiger partial charge in [0, 0.05) is 12.5 Å². The number of hydrogen-bond acceptors (Lipinski definition) is 3. The highest BCUT2D eigenvalue weighted by molar-refractivity contribution is 5.84. The maximum absolute atomic E-state index is 11.6. The standard InChI is InChI=1S/C11H20N2O3/c1-4-6-9(11(15)16)13-10(14)8(3)7-12-5-2/h4,8-9,12H,1,5-7H2,2-3H3,(H,13,14)(H,15,16). The Morgan fingerprint density at radius 1 is 1.50 bits per heavy atom. The summed E-state index contributed by atoms with van der Waals surface area (Å²) in [6.07, 6.45) is 1.71. The number of amides is 1. The van der Waals surface area contributed by atoms with Crippen molar-refractivity contribution in [3.63, 3.8) is 0 Å². The van der Waals surface area contributed by atoms with E-state index >= 15 is 0 Å². The van der Waals surface area contributed by atoms with Gasteiger partial charge in [0.25, 0.3) is 0 Å². The fraction of sp³-hybridized carbons (Fsp3) is 0.636. The Bertz CT molecular complexity index is 254. The van der Waals surface area contributed by atoms with Crippen molar-refractivity contribution in [3.8, 4) is 0 Å². The summed E-state index contributed by atoms with van der Waals surface area (Å²) >= 11 is 0. The van der Waals surface area contributed by atoms with Crippen molar-refractivity contribution in [3.05, 3.63) is 12.7 Å². The van der Waals surface area contributed by atoms with E-state index in [9.17, 15) is 9.59 Å². The Kier molecular flexibility index (Phi) is 7.20. The fourth-order valence-corrected chi connectivity index (χ4v) is 1.16. The Labute approximate surface area is 95.9 Å². The van der Waals surface area contributed by atoms with Gasteiger partial charge in [-0.05, 0) is 13.0 Å². The van der Waals surface area contributed by atoms with E-state index in [0.717, 1.165) is 6.54 Å². The minimum absolute atomic E-state index is 0.231. The summed E-state index contributed by atoms with van der Waals surface area (Å²) in [6.45, 7) is 8.49. The van der Waals surface area contributed by atoms with Gasteiger partial charge in [0.1, 0.15) is 6.04 Å². The van der Waals surface area contributed by atoms with Crippen molar-refractivity contribution in [2.75, 3.05) is 13.1 Å². The molecule has 1 amide bonds. The van der Waals surface area contributed by atoms with Crippen LogP contribution < -0.4 is 10.6 Å². The largest absolute Gasteiger partial charge is 0.480 e. The number of carbonyl (C=O) groups is 2. The quantitative estimate of drug-likeness (QED) is 0.525. The molecule has 0 aliphatic heterocycles. The number of rotatable bonds is 8. The van der Waals surface area contributed by atoms with E-state index in [4.69, 9.17) is 5.11 Å². The molecule has 2 atom stereocenters. The molecule has 0 aliphatic rings. The van der Waals surface area contributed by atoms with Gasteiger partial charge < -0.3 is 15.7 Å². The fourth-order valence-electron chi connectivity index (χ4n) is 1.16. The molecule has 3 N–H and O–H groups in total. The van der Waals surface area contributed by atoms with Crippen molar-refractivity contribution < 1.29 is 14.7 Å². The van der Waals surface area contributed by atoms with Gasteiger partial charge in [-0.15, -0.1) is 6.58 Å². The van der Waals surface area contributed by atoms with Gasteiger partial charge in [0.15, 0.2) is 0 Å². The molecule has 0 saturated heterocycles. The SMILES string of the molecule is C=CCC(NC(=O)C(C)CNCC)C(=O)O. The summed E-state index contributed by atoms with van der Waals surface area (Å²) in [4.78, 5) is 22.4. The first-order valence-electron chi connectivity index (χ1n) is 5.37. The highest BCUT2D eigenvalue weighted by Crippen LogP contribution is 1.98. The lowest BCUT2D eigenvalue weighted by molar-refractivity contribution is -0.142. The molecule has 0 aromatic heterocycles. The van der Waals surface area contributed by atoms with Crippen LogP contribution >= 0.6 is 0 Å². The van der Waals surface area contributed by atoms with Crippen LogP contribution in [-0.4, -0.2) is 36.1 Å². The number of nitrogens with one attached hydrogen (secondary N) is 2. The summed E-state index contributed by atoms with van der Waals surface area (Å²) < 4.78 is 0. The van der Waals surface area contributed by atoms with E-state index < -0.39 is 12.0 Å². The Hall–Kier alpha value is -1.36. The zero-order valence-corrected chi connectivity index (χ0v) is 9.82. The minimum atomic E-state index is -1.04. The number of hydrogen-bond donors (Lipinski definition) is 3. The van der Waals surface area contributed by atoms with Gasteiger partial charge in [-0.3, -0.25) is 4.79 Å². The molecule has 5 heteroatoms. The molecule has 0 radical (unpaired) electrons. The van der Waals surface area contributed by atoms with Crippen LogP contribution in [-0.2, 0) is 9.59 Å². The van der Waals surface area contributed by atoms with Gasteiger partial charge in [-0.25, -0.2) is 4.79 Å². The van der Waals surface area contributed by atoms with E-state index in [1.165, 1.54) is 6.08 Å². The molecule has 16 heavy (non-hydrogen) atoms. The number of carboxylic acid groups (broad SMARTS) is 1. The van der Waals surface area contributed by atoms with Crippen LogP contribution in [0.25, 0.3) is 0 Å². The van der Waals surface area contributed by atoms with Crippen molar-refractivity contribution in [2.24, 2.45) is 5.92 Å². The maximum Gasteiger partial charge on any atom is 0.326 e. The van der Waals surface area contributed by atoms with Crippen LogP contribution in [0.4, 0.5) is 0 Å². The lowest BCUT2D eigenvalue weighted by atomic mass is 10.1. The van der Waals surface area contributed by atoms with Crippen molar-refractivity contribution in [1.82, 2.24) is 10.6 Å². The third-order valence-corrected chi connectivity index (χ3v) is 2.17. The zero-order chi connectivity index (χ0) is 12.6. The van der Waals surface area contributed by atoms with Gasteiger partial charge in [-0.2, -0.15) is 0 Å². The molecule has 0 bridgehead atoms. The average Bonchev–Trinajstić information content (AvgIpc) is 2.24. The molecular formula is C11H20N2O3. The van der Waals surface area contributed by atoms with E-state index in [1.807, 2.05) is 6.92 Å². The van der Waals surface area contributed by atoms with E-state index in [1.54, 1.807) is 6.92 Å². The molecule has 0 heterocycles. The number of carboxylic acids is 1. The van der Waals surface area contributed by atoms with Crippen LogP contribution in [0.1, 0.15) is 20.3 Å². The summed E-state index contributed by atoms with van der Waals surface area (Å²) in [5.41, 5.74) is 0. The first-order chi connectivity index (χ1) is 7.52. The topological polar surface area (TPSA) is 78.4 Å². The molecule has 0 aromatic rings. The van der Waals surface area contributed by atoms with E-state index in [0.29, 0.717) is 6.54 Å². The highest BCUT2D eigenvalue weighted by Gasteiger charge is 2.21. The van der Waals surface area contributed by atoms with Gasteiger partial charge in [0.05, 0.1) is 0 Å². The first-order valence-corrected chi connectivity index (χ1v) is 5.37. The monoisotopic (exact) mass is 228 g/mol. The van der Waals surface area contributed by atoms with Crippen molar-refractivity contribution >= 4 is 11.9 Å². The maximum atomic E-state index is 11.6. The van der Waals surface area contributed by atoms with E-state index in [2.05, 4.69) is 17.2 Å². The van der Waals surface area contributed by atoms with Crippen molar-refractivity contribution in [1.29, 1.82) is 0 Å². The molecule has 0 fully saturated rings. The predicted molar refractivity (Wildman–Crippen MR) is 62.1 cm³/mol. The minimum Gasteiger partial charge on any atom is -0.480 e. The molecule has 0 aliphatic carbocycles. The van der Waals surface area contributed by atoms with Gasteiger partial charge in [-0.1, -0.05) is 19.9 Å². The second-order valence-corrected chi connectivity index (χ2v) is 3.63. The average molecular weight is 228 g/mol. The lowest BCUT2D eigenvalue weighted by Gasteiger charge is -2.16. The second-order valence-electron chi connectivity index (χ2n) is 3.63. The Balaban J connectivity index is 4.17. The number of aliphatic carboxylic acids is 1. The summed E-state index contributed by atoms with van der Waals surface area (Å²) in [7, 11) is 0. The van der Waals surface area contributed by atoms with E-state index in [-0.39, 0.29) is 18.2 Å². The predicted octanol–water partition coefficient (Wildman–Crippen LogP) is 0.378. The summed E-state index contributed by atoms with van der Waals surface area (Å²) in [5.74, 6) is -1.54. The van der Waals surface area contributed by atoms with Crippen LogP contribution in [0.15, 0.2) is 12.7 Å². The second kappa shape index (κ2) is 7.87. The third-order valence-electron chi connectivity index (χ3n) is 2.17.